The van der Waals surface area contributed by atoms with E-state index in [2.05, 4.69) is 38.4 Å². The highest BCUT2D eigenvalue weighted by atomic mass is 128. The standard InChI is InChI=1S/C26H30I2N6O/c27-28-25(23-16-31-21-3-1-2-4-22(21)32-23)19-8-13-34(14-9-19)26(35)20-6-11-33(12-7-20)17-18-5-10-30-24(29)15-18/h1-5,10,15-16,19-20H,6-9,11-14,17H2,(H2,29,30). The van der Waals surface area contributed by atoms with Crippen LogP contribution in [0.5, 0.6) is 0 Å². The van der Waals surface area contributed by atoms with Crippen molar-refractivity contribution in [1.82, 2.24) is 24.8 Å². The fourth-order valence-electron chi connectivity index (χ4n) is 5.18. The van der Waals surface area contributed by atoms with Gasteiger partial charge in [0.15, 0.2) is 0 Å². The number of hydrogen-bond donors (Lipinski definition) is 1. The first-order valence-electron chi connectivity index (χ1n) is 12.2. The third-order valence-electron chi connectivity index (χ3n) is 7.12. The van der Waals surface area contributed by atoms with Crippen molar-refractivity contribution in [1.29, 1.82) is 0 Å². The second-order valence-corrected chi connectivity index (χ2v) is 13.7. The number of likely N-dealkylation sites (tertiary alicyclic amines) is 2. The van der Waals surface area contributed by atoms with Crippen molar-refractivity contribution in [2.75, 3.05) is 31.9 Å². The Morgan fingerprint density at radius 2 is 1.71 bits per heavy atom. The van der Waals surface area contributed by atoms with Crippen LogP contribution in [0.15, 0.2) is 48.8 Å². The molecule has 3 aromatic rings. The fraction of sp³-hybridized carbons (Fsp3) is 0.423. The Bertz CT molecular complexity index is 1220. The lowest BCUT2D eigenvalue weighted by Gasteiger charge is -2.37. The number of aromatic nitrogens is 3. The average molecular weight is 696 g/mol. The highest BCUT2D eigenvalue weighted by Gasteiger charge is 2.32. The number of hydrogen-bond acceptors (Lipinski definition) is 6. The number of fused-ring (bicyclic) bond motifs is 1. The van der Waals surface area contributed by atoms with E-state index in [-0.39, 0.29) is 22.7 Å². The molecule has 5 rings (SSSR count). The maximum Gasteiger partial charge on any atom is 0.225 e. The van der Waals surface area contributed by atoms with Crippen LogP contribution in [0.4, 0.5) is 5.82 Å². The van der Waals surface area contributed by atoms with Crippen LogP contribution in [0.2, 0.25) is 0 Å². The summed E-state index contributed by atoms with van der Waals surface area (Å²) in [6.07, 6.45) is 7.63. The first-order valence-corrected chi connectivity index (χ1v) is 19.5. The SMILES string of the molecule is Nc1cc(CN2CCC(C(=O)N3CCC(C(=II)c4cnc5ccccc5n4)CC3)CC2)ccn1. The molecule has 0 atom stereocenters. The van der Waals surface area contributed by atoms with E-state index in [1.165, 1.54) is 9.07 Å². The van der Waals surface area contributed by atoms with Crippen molar-refractivity contribution in [3.05, 3.63) is 60.0 Å². The lowest BCUT2D eigenvalue weighted by Crippen LogP contribution is -2.46. The Kier molecular flexibility index (Phi) is 8.23. The Labute approximate surface area is 225 Å². The number of rotatable bonds is 5. The highest BCUT2D eigenvalue weighted by molar-refractivity contribution is 15.0. The number of amides is 1. The minimum atomic E-state index is -0.128. The van der Waals surface area contributed by atoms with Crippen LogP contribution in [-0.2, 0) is 11.3 Å². The summed E-state index contributed by atoms with van der Waals surface area (Å²) in [6.45, 7) is 4.48. The molecule has 2 aromatic heterocycles. The number of carbonyl (C=O) groups excluding carboxylic acids is 1. The minimum absolute atomic E-state index is 0.128. The van der Waals surface area contributed by atoms with E-state index in [4.69, 9.17) is 10.7 Å². The van der Waals surface area contributed by atoms with Gasteiger partial charge in [-0.1, -0.05) is 12.1 Å². The molecular formula is C26H30I2N6O. The molecule has 9 heteroatoms. The summed E-state index contributed by atoms with van der Waals surface area (Å²) in [4.78, 5) is 31.5. The number of para-hydroxylation sites is 2. The third-order valence-corrected chi connectivity index (χ3v) is 11.9. The molecule has 7 nitrogen and oxygen atoms in total. The second-order valence-electron chi connectivity index (χ2n) is 9.40. The van der Waals surface area contributed by atoms with Crippen molar-refractivity contribution in [2.24, 2.45) is 11.8 Å². The van der Waals surface area contributed by atoms with E-state index in [0.717, 1.165) is 75.1 Å². The molecule has 0 radical (unpaired) electrons. The summed E-state index contributed by atoms with van der Waals surface area (Å²) < 4.78 is 1.47. The maximum atomic E-state index is 13.3. The predicted molar refractivity (Wildman–Crippen MR) is 158 cm³/mol. The Balaban J connectivity index is 1.14. The number of nitrogen functional groups attached to an aromatic ring is 1. The van der Waals surface area contributed by atoms with Gasteiger partial charge in [0, 0.05) is 35.3 Å². The number of benzene rings is 1. The van der Waals surface area contributed by atoms with Gasteiger partial charge in [-0.2, -0.15) is 0 Å². The van der Waals surface area contributed by atoms with E-state index in [1.54, 1.807) is 6.20 Å². The quantitative estimate of drug-likeness (QED) is 0.393. The molecule has 2 aliphatic heterocycles. The van der Waals surface area contributed by atoms with Gasteiger partial charge in [-0.05, 0) is 110 Å². The molecule has 2 N–H and O–H groups in total. The van der Waals surface area contributed by atoms with Gasteiger partial charge in [0.2, 0.25) is 5.91 Å². The number of anilines is 1. The molecule has 0 bridgehead atoms. The normalized spacial score (nSPS) is 19.0. The zero-order valence-electron chi connectivity index (χ0n) is 19.6. The highest BCUT2D eigenvalue weighted by Crippen LogP contribution is 2.31. The first-order chi connectivity index (χ1) is 17.1. The van der Waals surface area contributed by atoms with Gasteiger partial charge in [0.25, 0.3) is 0 Å². The van der Waals surface area contributed by atoms with Gasteiger partial charge in [0.1, 0.15) is 5.82 Å². The number of pyridine rings is 1. The summed E-state index contributed by atoms with van der Waals surface area (Å²) in [5.41, 5.74) is 9.96. The monoisotopic (exact) mass is 696 g/mol. The van der Waals surface area contributed by atoms with Crippen LogP contribution < -0.4 is 5.73 Å². The number of nitrogens with zero attached hydrogens (tertiary/aromatic N) is 5. The molecule has 0 saturated carbocycles. The maximum absolute atomic E-state index is 13.3. The lowest BCUT2D eigenvalue weighted by molar-refractivity contribution is -0.138. The molecule has 35 heavy (non-hydrogen) atoms. The average Bonchev–Trinajstić information content (AvgIpc) is 2.89. The van der Waals surface area contributed by atoms with Crippen molar-refractivity contribution in [2.45, 2.75) is 32.2 Å². The Morgan fingerprint density at radius 1 is 1.00 bits per heavy atom. The van der Waals surface area contributed by atoms with Gasteiger partial charge >= 0.3 is 0 Å². The van der Waals surface area contributed by atoms with E-state index < -0.39 is 0 Å². The van der Waals surface area contributed by atoms with Crippen LogP contribution in [0.25, 0.3) is 11.0 Å². The minimum Gasteiger partial charge on any atom is -0.384 e. The number of halogens is 2. The number of carbonyl (C=O) groups is 1. The zero-order chi connectivity index (χ0) is 24.2. The van der Waals surface area contributed by atoms with Gasteiger partial charge in [-0.25, -0.2) is 9.97 Å². The summed E-state index contributed by atoms with van der Waals surface area (Å²) in [5.74, 6) is 1.58. The molecule has 2 fully saturated rings. The van der Waals surface area contributed by atoms with Crippen LogP contribution >= 0.6 is 35.4 Å². The van der Waals surface area contributed by atoms with Crippen molar-refractivity contribution >= 4 is 61.6 Å². The Hall–Kier alpha value is -1.73. The smallest absolute Gasteiger partial charge is 0.225 e. The second kappa shape index (κ2) is 11.5. The summed E-state index contributed by atoms with van der Waals surface area (Å²) in [5, 5.41) is 0. The van der Waals surface area contributed by atoms with Crippen molar-refractivity contribution in [3.63, 3.8) is 0 Å². The summed E-state index contributed by atoms with van der Waals surface area (Å²) in [7, 11) is 0. The first kappa shape index (κ1) is 24.9. The van der Waals surface area contributed by atoms with Gasteiger partial charge in [0.05, 0.1) is 22.9 Å². The number of piperidine rings is 2. The number of nitrogens with two attached hydrogens (primary N) is 1. The molecule has 0 unspecified atom stereocenters. The van der Waals surface area contributed by atoms with Gasteiger partial charge in [-0.3, -0.25) is 14.7 Å². The van der Waals surface area contributed by atoms with Gasteiger partial charge < -0.3 is 10.6 Å². The molecule has 184 valence electrons. The van der Waals surface area contributed by atoms with Crippen LogP contribution in [-0.4, -0.2) is 60.3 Å². The van der Waals surface area contributed by atoms with E-state index in [1.807, 2.05) is 42.6 Å². The molecule has 2 aliphatic rings. The van der Waals surface area contributed by atoms with Gasteiger partial charge in [-0.15, -0.1) is 0 Å². The third kappa shape index (κ3) is 5.99. The largest absolute Gasteiger partial charge is 0.384 e. The van der Waals surface area contributed by atoms with Crippen LogP contribution in [0.1, 0.15) is 36.9 Å². The topological polar surface area (TPSA) is 88.2 Å². The molecular weight excluding hydrogens is 666 g/mol. The summed E-state index contributed by atoms with van der Waals surface area (Å²) >= 11 is 2.43. The van der Waals surface area contributed by atoms with Crippen LogP contribution in [0.3, 0.4) is 0 Å². The summed E-state index contributed by atoms with van der Waals surface area (Å²) in [6, 6.07) is 12.0. The Morgan fingerprint density at radius 3 is 2.43 bits per heavy atom. The molecule has 0 aliphatic carbocycles. The van der Waals surface area contributed by atoms with Crippen LogP contribution in [0, 0.1) is 11.8 Å². The molecule has 1 aromatic carbocycles. The van der Waals surface area contributed by atoms with E-state index in [9.17, 15) is 4.79 Å². The molecule has 0 spiro atoms. The molecule has 4 heterocycles. The molecule has 1 amide bonds. The van der Waals surface area contributed by atoms with E-state index >= 15 is 0 Å². The van der Waals surface area contributed by atoms with Crippen molar-refractivity contribution < 1.29 is 4.79 Å². The fourth-order valence-corrected chi connectivity index (χ4v) is 10.2. The molecule has 2 saturated heterocycles. The predicted octanol–water partition coefficient (Wildman–Crippen LogP) is 4.60. The van der Waals surface area contributed by atoms with Crippen molar-refractivity contribution in [3.8, 4) is 0 Å². The van der Waals surface area contributed by atoms with E-state index in [0.29, 0.717) is 17.6 Å². The lowest BCUT2D eigenvalue weighted by atomic mass is 9.90. The zero-order valence-corrected chi connectivity index (χ0v) is 23.9.